The molecule has 0 nitrogen and oxygen atoms in total. The third kappa shape index (κ3) is 3.95. The van der Waals surface area contributed by atoms with Gasteiger partial charge in [0, 0.05) is 0 Å². The lowest BCUT2D eigenvalue weighted by atomic mass is 10.3. The summed E-state index contributed by atoms with van der Waals surface area (Å²) in [6.07, 6.45) is 0. The predicted octanol–water partition coefficient (Wildman–Crippen LogP) is 7.94. The molecule has 0 saturated heterocycles. The molecule has 0 spiro atoms. The molecule has 0 amide bonds. The summed E-state index contributed by atoms with van der Waals surface area (Å²) in [4.78, 5) is -7.90. The SMILES string of the molecule is Fc1c(F)c(F)c(Sc2c(F)c(F)c(Sc3c(F)c(F)c(F)c(F)c3F)c(F)c2F)c(F)c1F. The Bertz CT molecular complexity index is 1160. The summed E-state index contributed by atoms with van der Waals surface area (Å²) in [5, 5.41) is 0. The molecule has 0 N–H and O–H groups in total. The Morgan fingerprint density at radius 1 is 0.206 bits per heavy atom. The number of hydrogen-bond acceptors (Lipinski definition) is 2. The highest BCUT2D eigenvalue weighted by atomic mass is 32.2. The van der Waals surface area contributed by atoms with Gasteiger partial charge < -0.3 is 0 Å². The van der Waals surface area contributed by atoms with E-state index in [4.69, 9.17) is 0 Å². The predicted molar refractivity (Wildman–Crippen MR) is 87.0 cm³/mol. The van der Waals surface area contributed by atoms with Gasteiger partial charge in [0.25, 0.3) is 0 Å². The van der Waals surface area contributed by atoms with Gasteiger partial charge in [-0.05, 0) is 0 Å². The molecule has 16 heteroatoms. The van der Waals surface area contributed by atoms with Crippen LogP contribution in [0.2, 0.25) is 0 Å². The third-order valence-corrected chi connectivity index (χ3v) is 6.18. The second kappa shape index (κ2) is 9.20. The maximum absolute atomic E-state index is 14.3. The molecule has 3 aromatic rings. The van der Waals surface area contributed by atoms with E-state index in [1.165, 1.54) is 0 Å². The quantitative estimate of drug-likeness (QED) is 0.185. The molecule has 0 aliphatic rings. The van der Waals surface area contributed by atoms with E-state index < -0.39 is 125 Å². The van der Waals surface area contributed by atoms with Crippen molar-refractivity contribution in [1.29, 1.82) is 0 Å². The maximum Gasteiger partial charge on any atom is 0.200 e. The van der Waals surface area contributed by atoms with E-state index in [-0.39, 0.29) is 0 Å². The summed E-state index contributed by atoms with van der Waals surface area (Å²) < 4.78 is 192. The molecule has 3 aromatic carbocycles. The van der Waals surface area contributed by atoms with Crippen LogP contribution in [-0.4, -0.2) is 0 Å². The van der Waals surface area contributed by atoms with Crippen LogP contribution in [0.15, 0.2) is 19.6 Å². The van der Waals surface area contributed by atoms with Gasteiger partial charge >= 0.3 is 0 Å². The lowest BCUT2D eigenvalue weighted by molar-refractivity contribution is 0.359. The average Bonchev–Trinajstić information content (AvgIpc) is 2.81. The Labute approximate surface area is 186 Å². The van der Waals surface area contributed by atoms with Gasteiger partial charge in [0.05, 0.1) is 19.6 Å². The molecule has 0 aliphatic heterocycles. The number of hydrogen-bond donors (Lipinski definition) is 0. The summed E-state index contributed by atoms with van der Waals surface area (Å²) in [7, 11) is 0. The van der Waals surface area contributed by atoms with Crippen LogP contribution in [0.5, 0.6) is 0 Å². The van der Waals surface area contributed by atoms with Gasteiger partial charge in [-0.25, -0.2) is 61.5 Å². The van der Waals surface area contributed by atoms with Gasteiger partial charge in [-0.2, -0.15) is 0 Å². The van der Waals surface area contributed by atoms with Crippen LogP contribution >= 0.6 is 23.5 Å². The van der Waals surface area contributed by atoms with Crippen LogP contribution in [0.25, 0.3) is 0 Å². The smallest absolute Gasteiger partial charge is 0.200 e. The molecular formula is C18F14S2. The molecule has 0 atom stereocenters. The molecule has 0 aromatic heterocycles. The first-order valence-corrected chi connectivity index (χ1v) is 9.60. The number of benzene rings is 3. The van der Waals surface area contributed by atoms with Crippen molar-refractivity contribution in [3.05, 3.63) is 81.4 Å². The minimum absolute atomic E-state index is 0.966. The second-order valence-corrected chi connectivity index (χ2v) is 7.96. The summed E-state index contributed by atoms with van der Waals surface area (Å²) in [5.41, 5.74) is 0. The molecular weight excluding hydrogens is 546 g/mol. The van der Waals surface area contributed by atoms with E-state index in [0.29, 0.717) is 0 Å². The van der Waals surface area contributed by atoms with Crippen molar-refractivity contribution in [2.24, 2.45) is 0 Å². The van der Waals surface area contributed by atoms with Crippen LogP contribution in [0, 0.1) is 81.4 Å². The van der Waals surface area contributed by atoms with E-state index >= 15 is 0 Å². The summed E-state index contributed by atoms with van der Waals surface area (Å²) >= 11 is -1.93. The minimum Gasteiger partial charge on any atom is -0.202 e. The largest absolute Gasteiger partial charge is 0.202 e. The zero-order valence-electron chi connectivity index (χ0n) is 15.1. The molecule has 0 bridgehead atoms. The Morgan fingerprint density at radius 2 is 0.324 bits per heavy atom. The topological polar surface area (TPSA) is 0 Å². The minimum atomic E-state index is -2.65. The monoisotopic (exact) mass is 546 g/mol. The Morgan fingerprint density at radius 3 is 0.500 bits per heavy atom. The van der Waals surface area contributed by atoms with E-state index in [2.05, 4.69) is 0 Å². The molecule has 182 valence electrons. The Hall–Kier alpha value is -2.62. The van der Waals surface area contributed by atoms with Crippen molar-refractivity contribution in [2.45, 2.75) is 19.6 Å². The van der Waals surface area contributed by atoms with Gasteiger partial charge in [0.15, 0.2) is 69.8 Å². The van der Waals surface area contributed by atoms with Gasteiger partial charge in [-0.3, -0.25) is 0 Å². The van der Waals surface area contributed by atoms with Crippen molar-refractivity contribution in [1.82, 2.24) is 0 Å². The molecule has 0 aliphatic carbocycles. The zero-order chi connectivity index (χ0) is 25.8. The number of rotatable bonds is 4. The van der Waals surface area contributed by atoms with Crippen molar-refractivity contribution in [3.63, 3.8) is 0 Å². The Kier molecular flexibility index (Phi) is 7.04. The first-order chi connectivity index (χ1) is 15.7. The highest BCUT2D eigenvalue weighted by Crippen LogP contribution is 2.44. The van der Waals surface area contributed by atoms with E-state index in [1.54, 1.807) is 0 Å². The molecule has 34 heavy (non-hydrogen) atoms. The van der Waals surface area contributed by atoms with E-state index in [0.717, 1.165) is 0 Å². The fourth-order valence-corrected chi connectivity index (χ4v) is 4.17. The second-order valence-electron chi connectivity index (χ2n) is 5.92. The van der Waals surface area contributed by atoms with Crippen molar-refractivity contribution in [2.75, 3.05) is 0 Å². The zero-order valence-corrected chi connectivity index (χ0v) is 16.7. The maximum atomic E-state index is 14.3. The van der Waals surface area contributed by atoms with Gasteiger partial charge in [-0.15, -0.1) is 0 Å². The lowest BCUT2D eigenvalue weighted by Crippen LogP contribution is -2.07. The van der Waals surface area contributed by atoms with Gasteiger partial charge in [-0.1, -0.05) is 23.5 Å². The summed E-state index contributed by atoms with van der Waals surface area (Å²) in [6.45, 7) is 0. The van der Waals surface area contributed by atoms with Crippen LogP contribution in [-0.2, 0) is 0 Å². The highest BCUT2D eigenvalue weighted by Gasteiger charge is 2.34. The van der Waals surface area contributed by atoms with E-state index in [1.807, 2.05) is 0 Å². The standard InChI is InChI=1S/C18F14S2/c19-1-3(21)7(25)15(8(26)4(1)22)33-17-11(29)13(31)18(14(32)12(17)30)34-16-9(27)5(23)2(20)6(24)10(16)28. The van der Waals surface area contributed by atoms with Crippen molar-refractivity contribution in [3.8, 4) is 0 Å². The fourth-order valence-electron chi connectivity index (χ4n) is 2.32. The van der Waals surface area contributed by atoms with Crippen LogP contribution in [0.3, 0.4) is 0 Å². The van der Waals surface area contributed by atoms with Crippen molar-refractivity contribution < 1.29 is 61.5 Å². The van der Waals surface area contributed by atoms with Crippen LogP contribution in [0.4, 0.5) is 61.5 Å². The number of halogens is 14. The van der Waals surface area contributed by atoms with Crippen LogP contribution in [0.1, 0.15) is 0 Å². The summed E-state index contributed by atoms with van der Waals surface area (Å²) in [5.74, 6) is -36.1. The lowest BCUT2D eigenvalue weighted by Gasteiger charge is -2.14. The molecule has 3 rings (SSSR count). The van der Waals surface area contributed by atoms with E-state index in [9.17, 15) is 61.5 Å². The van der Waals surface area contributed by atoms with Gasteiger partial charge in [0.1, 0.15) is 0 Å². The Balaban J connectivity index is 2.18. The average molecular weight is 546 g/mol. The molecule has 0 fully saturated rings. The fraction of sp³-hybridized carbons (Fsp3) is 0. The highest BCUT2D eigenvalue weighted by molar-refractivity contribution is 7.99. The third-order valence-electron chi connectivity index (χ3n) is 3.93. The molecule has 0 radical (unpaired) electrons. The van der Waals surface area contributed by atoms with Gasteiger partial charge in [0.2, 0.25) is 11.6 Å². The normalized spacial score (nSPS) is 11.5. The first kappa shape index (κ1) is 26.0. The molecule has 0 saturated carbocycles. The van der Waals surface area contributed by atoms with Crippen LogP contribution < -0.4 is 0 Å². The summed E-state index contributed by atoms with van der Waals surface area (Å²) in [6, 6.07) is 0. The molecule has 0 heterocycles. The first-order valence-electron chi connectivity index (χ1n) is 7.96. The molecule has 0 unspecified atom stereocenters. The van der Waals surface area contributed by atoms with Crippen molar-refractivity contribution >= 4 is 23.5 Å².